The number of alkyl halides is 3. The normalized spacial score (nSPS) is 27.8. The fraction of sp³-hybridized carbons (Fsp3) is 0.846. The van der Waals surface area contributed by atoms with E-state index in [9.17, 15) is 13.2 Å². The molecule has 0 spiro atoms. The monoisotopic (exact) mass is 249 g/mol. The Bertz CT molecular complexity index is 237. The molecule has 0 saturated heterocycles. The predicted molar refractivity (Wildman–Crippen MR) is 63.8 cm³/mol. The summed E-state index contributed by atoms with van der Waals surface area (Å²) in [6, 6.07) is -0.0417. The average Bonchev–Trinajstić information content (AvgIpc) is 2.29. The summed E-state index contributed by atoms with van der Waals surface area (Å²) in [4.78, 5) is 0. The van der Waals surface area contributed by atoms with E-state index < -0.39 is 12.1 Å². The minimum atomic E-state index is -4.05. The smallest absolute Gasteiger partial charge is 0.317 e. The number of hydrogen-bond donors (Lipinski definition) is 1. The number of halogens is 3. The summed E-state index contributed by atoms with van der Waals surface area (Å²) in [6.45, 7) is 3.63. The molecule has 3 atom stereocenters. The Morgan fingerprint density at radius 2 is 2.00 bits per heavy atom. The molecule has 1 fully saturated rings. The van der Waals surface area contributed by atoms with Crippen LogP contribution in [0, 0.1) is 11.8 Å². The van der Waals surface area contributed by atoms with Crippen LogP contribution in [0.4, 0.5) is 13.2 Å². The van der Waals surface area contributed by atoms with Gasteiger partial charge in [-0.05, 0) is 38.6 Å². The molecule has 1 aliphatic carbocycles. The molecule has 1 saturated carbocycles. The molecule has 0 aliphatic heterocycles. The number of allylic oxidation sites excluding steroid dienone is 1. The van der Waals surface area contributed by atoms with Gasteiger partial charge in [-0.2, -0.15) is 13.2 Å². The molecule has 0 bridgehead atoms. The van der Waals surface area contributed by atoms with Gasteiger partial charge in [0.25, 0.3) is 0 Å². The van der Waals surface area contributed by atoms with Crippen LogP contribution in [0.2, 0.25) is 0 Å². The summed E-state index contributed by atoms with van der Waals surface area (Å²) < 4.78 is 38.9. The van der Waals surface area contributed by atoms with Crippen molar-refractivity contribution in [3.63, 3.8) is 0 Å². The van der Waals surface area contributed by atoms with Gasteiger partial charge in [-0.1, -0.05) is 18.9 Å². The third-order valence-corrected chi connectivity index (χ3v) is 3.81. The molecule has 1 aliphatic rings. The Hall–Kier alpha value is -0.510. The summed E-state index contributed by atoms with van der Waals surface area (Å²) in [6.07, 6.45) is 1.85. The molecule has 0 aromatic rings. The van der Waals surface area contributed by atoms with Gasteiger partial charge in [0.05, 0.1) is 5.92 Å². The zero-order valence-electron chi connectivity index (χ0n) is 10.4. The SMILES string of the molecule is C=CCCC(NC)C1CCCCC1C(F)(F)F. The van der Waals surface area contributed by atoms with E-state index in [1.807, 2.05) is 0 Å². The molecule has 0 aromatic carbocycles. The molecular formula is C13H22F3N. The van der Waals surface area contributed by atoms with E-state index in [1.54, 1.807) is 13.1 Å². The first-order valence-electron chi connectivity index (χ1n) is 6.35. The second-order valence-electron chi connectivity index (χ2n) is 4.86. The Balaban J connectivity index is 2.71. The molecule has 100 valence electrons. The van der Waals surface area contributed by atoms with Gasteiger partial charge >= 0.3 is 6.18 Å². The van der Waals surface area contributed by atoms with Crippen LogP contribution in [0.5, 0.6) is 0 Å². The minimum Gasteiger partial charge on any atom is -0.317 e. The van der Waals surface area contributed by atoms with Crippen LogP contribution in [-0.4, -0.2) is 19.3 Å². The maximum atomic E-state index is 13.0. The molecule has 3 unspecified atom stereocenters. The predicted octanol–water partition coefficient (Wildman–Crippen LogP) is 3.91. The highest BCUT2D eigenvalue weighted by Crippen LogP contribution is 2.43. The van der Waals surface area contributed by atoms with E-state index in [2.05, 4.69) is 11.9 Å². The van der Waals surface area contributed by atoms with Gasteiger partial charge in [0.15, 0.2) is 0 Å². The Morgan fingerprint density at radius 3 is 2.53 bits per heavy atom. The van der Waals surface area contributed by atoms with Gasteiger partial charge in [-0.25, -0.2) is 0 Å². The highest BCUT2D eigenvalue weighted by Gasteiger charge is 2.47. The van der Waals surface area contributed by atoms with E-state index in [-0.39, 0.29) is 12.0 Å². The van der Waals surface area contributed by atoms with Crippen LogP contribution in [0.3, 0.4) is 0 Å². The molecule has 0 aromatic heterocycles. The molecule has 1 rings (SSSR count). The lowest BCUT2D eigenvalue weighted by molar-refractivity contribution is -0.199. The minimum absolute atomic E-state index is 0.0417. The van der Waals surface area contributed by atoms with Gasteiger partial charge in [0, 0.05) is 6.04 Å². The lowest BCUT2D eigenvalue weighted by Gasteiger charge is -2.38. The number of nitrogens with one attached hydrogen (secondary N) is 1. The second kappa shape index (κ2) is 6.43. The van der Waals surface area contributed by atoms with E-state index >= 15 is 0 Å². The summed E-state index contributed by atoms with van der Waals surface area (Å²) in [5, 5.41) is 3.06. The van der Waals surface area contributed by atoms with Crippen LogP contribution in [-0.2, 0) is 0 Å². The summed E-state index contributed by atoms with van der Waals surface area (Å²) in [5.74, 6) is -1.40. The molecule has 4 heteroatoms. The second-order valence-corrected chi connectivity index (χ2v) is 4.86. The van der Waals surface area contributed by atoms with Gasteiger partial charge in [-0.15, -0.1) is 6.58 Å². The molecule has 0 amide bonds. The molecule has 0 heterocycles. The van der Waals surface area contributed by atoms with Crippen molar-refractivity contribution >= 4 is 0 Å². The van der Waals surface area contributed by atoms with Gasteiger partial charge in [0.1, 0.15) is 0 Å². The van der Waals surface area contributed by atoms with Crippen molar-refractivity contribution < 1.29 is 13.2 Å². The first kappa shape index (κ1) is 14.6. The Kier molecular flexibility index (Phi) is 5.50. The van der Waals surface area contributed by atoms with Crippen LogP contribution in [0.25, 0.3) is 0 Å². The fourth-order valence-electron chi connectivity index (χ4n) is 2.92. The number of rotatable bonds is 5. The van der Waals surface area contributed by atoms with Crippen molar-refractivity contribution in [2.75, 3.05) is 7.05 Å². The standard InChI is InChI=1S/C13H22F3N/c1-3-4-9-12(17-2)10-7-5-6-8-11(10)13(14,15)16/h3,10-12,17H,1,4-9H2,2H3. The van der Waals surface area contributed by atoms with E-state index in [4.69, 9.17) is 0 Å². The fourth-order valence-corrected chi connectivity index (χ4v) is 2.92. The third-order valence-electron chi connectivity index (χ3n) is 3.81. The molecule has 17 heavy (non-hydrogen) atoms. The third kappa shape index (κ3) is 4.02. The largest absolute Gasteiger partial charge is 0.392 e. The maximum absolute atomic E-state index is 13.0. The summed E-state index contributed by atoms with van der Waals surface area (Å²) in [5.41, 5.74) is 0. The topological polar surface area (TPSA) is 12.0 Å². The van der Waals surface area contributed by atoms with Gasteiger partial charge < -0.3 is 5.32 Å². The van der Waals surface area contributed by atoms with Crippen molar-refractivity contribution in [3.05, 3.63) is 12.7 Å². The molecular weight excluding hydrogens is 227 g/mol. The zero-order chi connectivity index (χ0) is 12.9. The van der Waals surface area contributed by atoms with Crippen molar-refractivity contribution in [2.45, 2.75) is 50.7 Å². The van der Waals surface area contributed by atoms with Crippen molar-refractivity contribution in [1.29, 1.82) is 0 Å². The zero-order valence-corrected chi connectivity index (χ0v) is 10.4. The Morgan fingerprint density at radius 1 is 1.35 bits per heavy atom. The molecule has 1 nitrogen and oxygen atoms in total. The van der Waals surface area contributed by atoms with Crippen LogP contribution in [0.1, 0.15) is 38.5 Å². The van der Waals surface area contributed by atoms with E-state index in [1.165, 1.54) is 0 Å². The highest BCUT2D eigenvalue weighted by atomic mass is 19.4. The lowest BCUT2D eigenvalue weighted by Crippen LogP contribution is -2.44. The van der Waals surface area contributed by atoms with E-state index in [0.29, 0.717) is 19.3 Å². The van der Waals surface area contributed by atoms with Crippen molar-refractivity contribution in [3.8, 4) is 0 Å². The summed E-state index contributed by atoms with van der Waals surface area (Å²) >= 11 is 0. The van der Waals surface area contributed by atoms with Crippen LogP contribution >= 0.6 is 0 Å². The van der Waals surface area contributed by atoms with Crippen molar-refractivity contribution in [2.24, 2.45) is 11.8 Å². The number of hydrogen-bond acceptors (Lipinski definition) is 1. The van der Waals surface area contributed by atoms with Crippen molar-refractivity contribution in [1.82, 2.24) is 5.32 Å². The first-order chi connectivity index (χ1) is 8.00. The molecule has 1 N–H and O–H groups in total. The van der Waals surface area contributed by atoms with E-state index in [0.717, 1.165) is 19.3 Å². The van der Waals surface area contributed by atoms with Gasteiger partial charge in [0.2, 0.25) is 0 Å². The van der Waals surface area contributed by atoms with Crippen LogP contribution in [0.15, 0.2) is 12.7 Å². The lowest BCUT2D eigenvalue weighted by atomic mass is 9.73. The van der Waals surface area contributed by atoms with Gasteiger partial charge in [-0.3, -0.25) is 0 Å². The first-order valence-corrected chi connectivity index (χ1v) is 6.35. The molecule has 0 radical (unpaired) electrons. The average molecular weight is 249 g/mol. The van der Waals surface area contributed by atoms with Crippen LogP contribution < -0.4 is 5.32 Å². The quantitative estimate of drug-likeness (QED) is 0.728. The summed E-state index contributed by atoms with van der Waals surface area (Å²) in [7, 11) is 1.76. The Labute approximate surface area is 101 Å². The maximum Gasteiger partial charge on any atom is 0.392 e. The highest BCUT2D eigenvalue weighted by molar-refractivity contribution is 4.89.